The number of benzene rings is 8. The predicted molar refractivity (Wildman–Crippen MR) is 251 cm³/mol. The minimum atomic E-state index is -0.783. The minimum Gasteiger partial charge on any atom is -0.474 e. The van der Waals surface area contributed by atoms with Crippen LogP contribution in [-0.4, -0.2) is 12.3 Å². The van der Waals surface area contributed by atoms with Gasteiger partial charge in [-0.1, -0.05) is 145 Å². The Morgan fingerprint density at radius 3 is 0.933 bits per heavy atom. The standard InChI is InChI=1S/C26H24P2.2C14H7O.2Au/c1-5-13-23(14-6-1)27(24-15-7-2-8-16-24)21-22-28(25-17-9-3-10-18-25)26-19-11-4-12-20-26;2*1-2-10-6-5-8-12-11-7-3-4-9-13(11)15-14(10)12;;/h1-20H,21-22H2;2*3-9H;;/q;2*-1;2*+1/p+2. The van der Waals surface area contributed by atoms with Gasteiger partial charge in [-0.2, -0.15) is 0 Å². The van der Waals surface area contributed by atoms with E-state index in [1.54, 1.807) is 0 Å². The van der Waals surface area contributed by atoms with Crippen molar-refractivity contribution in [1.29, 1.82) is 0 Å². The average Bonchev–Trinajstić information content (AvgIpc) is 3.88. The molecule has 60 heavy (non-hydrogen) atoms. The monoisotopic (exact) mass is 1180 g/mol. The quantitative estimate of drug-likeness (QED) is 0.0688. The van der Waals surface area contributed by atoms with E-state index in [0.717, 1.165) is 43.9 Å². The van der Waals surface area contributed by atoms with E-state index < -0.39 is 15.8 Å². The molecule has 0 atom stereocenters. The fourth-order valence-corrected chi connectivity index (χ4v) is 13.6. The molecule has 0 saturated carbocycles. The predicted octanol–water partition coefficient (Wildman–Crippen LogP) is 11.8. The van der Waals surface area contributed by atoms with E-state index >= 15 is 0 Å². The van der Waals surface area contributed by atoms with E-state index in [-0.39, 0.29) is 44.8 Å². The van der Waals surface area contributed by atoms with Gasteiger partial charge < -0.3 is 21.7 Å². The molecule has 0 aliphatic rings. The van der Waals surface area contributed by atoms with Gasteiger partial charge in [-0.25, -0.2) is 0 Å². The Hall–Kier alpha value is -5.18. The van der Waals surface area contributed by atoms with Gasteiger partial charge in [0.25, 0.3) is 0 Å². The van der Waals surface area contributed by atoms with Crippen LogP contribution in [0.25, 0.3) is 43.9 Å². The molecule has 6 heteroatoms. The first-order valence-corrected chi connectivity index (χ1v) is 22.7. The zero-order valence-corrected chi connectivity index (χ0v) is 38.8. The molecule has 2 heterocycles. The van der Waals surface area contributed by atoms with Crippen LogP contribution in [0, 0.1) is 24.7 Å². The smallest absolute Gasteiger partial charge is 0.474 e. The van der Waals surface area contributed by atoms with Crippen LogP contribution >= 0.6 is 15.8 Å². The Labute approximate surface area is 385 Å². The summed E-state index contributed by atoms with van der Waals surface area (Å²) in [7, 11) is -1.57. The molecular weight excluding hydrogens is 1140 g/mol. The first kappa shape index (κ1) is 44.4. The molecule has 0 N–H and O–H groups in total. The minimum absolute atomic E-state index is 0. The van der Waals surface area contributed by atoms with Crippen LogP contribution in [0.4, 0.5) is 0 Å². The van der Waals surface area contributed by atoms with Gasteiger partial charge in [0.15, 0.2) is 0 Å². The third-order valence-electron chi connectivity index (χ3n) is 10.2. The topological polar surface area (TPSA) is 26.3 Å². The molecule has 0 amide bonds. The fourth-order valence-electron chi connectivity index (χ4n) is 7.41. The number of hydrogen-bond donors (Lipinski definition) is 0. The summed E-state index contributed by atoms with van der Waals surface area (Å²) in [5.74, 6) is 4.77. The van der Waals surface area contributed by atoms with Crippen molar-refractivity contribution in [3.05, 3.63) is 230 Å². The Kier molecular flexibility index (Phi) is 16.2. The van der Waals surface area contributed by atoms with Gasteiger partial charge in [0.05, 0.1) is 48.2 Å². The summed E-state index contributed by atoms with van der Waals surface area (Å²) >= 11 is 0. The zero-order valence-electron chi connectivity index (χ0n) is 32.5. The van der Waals surface area contributed by atoms with Gasteiger partial charge in [0.1, 0.15) is 23.5 Å². The van der Waals surface area contributed by atoms with Gasteiger partial charge in [-0.05, 0) is 60.7 Å². The molecule has 0 aliphatic carbocycles. The van der Waals surface area contributed by atoms with Crippen molar-refractivity contribution in [2.24, 2.45) is 0 Å². The summed E-state index contributed by atoms with van der Waals surface area (Å²) in [4.78, 5) is 0. The van der Waals surface area contributed by atoms with Crippen molar-refractivity contribution < 1.29 is 53.6 Å². The molecule has 0 spiro atoms. The fraction of sp³-hybridized carbons (Fsp3) is 0.0370. The summed E-state index contributed by atoms with van der Waals surface area (Å²) in [5.41, 5.74) is 4.60. The molecule has 0 unspecified atom stereocenters. The zero-order chi connectivity index (χ0) is 39.5. The molecule has 2 aromatic heterocycles. The third kappa shape index (κ3) is 10.2. The number of fused-ring (bicyclic) bond motifs is 6. The van der Waals surface area contributed by atoms with E-state index in [1.807, 2.05) is 84.9 Å². The maximum absolute atomic E-state index is 7.19. The van der Waals surface area contributed by atoms with Crippen LogP contribution in [0.5, 0.6) is 0 Å². The maximum Gasteiger partial charge on any atom is 1.00 e. The van der Waals surface area contributed by atoms with Crippen LogP contribution in [-0.2, 0) is 44.8 Å². The van der Waals surface area contributed by atoms with Crippen molar-refractivity contribution in [3.63, 3.8) is 0 Å². The summed E-state index contributed by atoms with van der Waals surface area (Å²) in [6.07, 6.45) is 16.9. The average molecular weight is 1180 g/mol. The molecule has 0 bridgehead atoms. The SMILES string of the molecule is [Au+].[Au+].[C-]#Cc1cccc2c1oc1ccccc12.[C-]#Cc1cccc2c1oc1ccccc12.c1ccc([PH+](CC[PH+](c2ccccc2)c2ccccc2)c2ccccc2)cc1. The molecule has 0 radical (unpaired) electrons. The molecular formula is C54H40Au2O2P2+2. The Balaban J connectivity index is 0.000000160. The van der Waals surface area contributed by atoms with E-state index in [9.17, 15) is 0 Å². The number of hydrogen-bond acceptors (Lipinski definition) is 2. The maximum atomic E-state index is 7.19. The van der Waals surface area contributed by atoms with Crippen LogP contribution < -0.4 is 21.2 Å². The number of rotatable bonds is 7. The van der Waals surface area contributed by atoms with Gasteiger partial charge in [0.2, 0.25) is 0 Å². The molecule has 10 aromatic rings. The van der Waals surface area contributed by atoms with E-state index in [1.165, 1.54) is 33.5 Å². The normalized spacial score (nSPS) is 10.5. The van der Waals surface area contributed by atoms with Crippen molar-refractivity contribution in [2.75, 3.05) is 12.3 Å². The Morgan fingerprint density at radius 1 is 0.333 bits per heavy atom. The molecule has 0 aliphatic heterocycles. The second kappa shape index (κ2) is 21.9. The molecule has 8 aromatic carbocycles. The summed E-state index contributed by atoms with van der Waals surface area (Å²) in [6, 6.07) is 71.8. The van der Waals surface area contributed by atoms with E-state index in [2.05, 4.69) is 133 Å². The van der Waals surface area contributed by atoms with Gasteiger partial charge in [-0.15, -0.1) is 12.1 Å². The largest absolute Gasteiger partial charge is 1.00 e. The number of para-hydroxylation sites is 4. The Bertz CT molecular complexity index is 2700. The molecule has 10 rings (SSSR count). The van der Waals surface area contributed by atoms with Crippen LogP contribution in [0.3, 0.4) is 0 Å². The second-order valence-corrected chi connectivity index (χ2v) is 19.0. The summed E-state index contributed by atoms with van der Waals surface area (Å²) in [6.45, 7) is 0. The van der Waals surface area contributed by atoms with Gasteiger partial charge in [-0.3, -0.25) is 11.8 Å². The Morgan fingerprint density at radius 2 is 0.617 bits per heavy atom. The third-order valence-corrected chi connectivity index (χ3v) is 16.3. The van der Waals surface area contributed by atoms with E-state index in [4.69, 9.17) is 21.7 Å². The van der Waals surface area contributed by atoms with Crippen LogP contribution in [0.1, 0.15) is 11.1 Å². The van der Waals surface area contributed by atoms with Crippen LogP contribution in [0.2, 0.25) is 0 Å². The first-order valence-electron chi connectivity index (χ1n) is 19.3. The molecule has 298 valence electrons. The van der Waals surface area contributed by atoms with Crippen molar-refractivity contribution in [1.82, 2.24) is 0 Å². The van der Waals surface area contributed by atoms with Crippen molar-refractivity contribution in [3.8, 4) is 11.8 Å². The van der Waals surface area contributed by atoms with E-state index in [0.29, 0.717) is 11.1 Å². The second-order valence-electron chi connectivity index (χ2n) is 13.7. The van der Waals surface area contributed by atoms with Crippen molar-refractivity contribution >= 4 is 80.9 Å². The summed E-state index contributed by atoms with van der Waals surface area (Å²) in [5, 5.41) is 10.3. The molecule has 2 nitrogen and oxygen atoms in total. The molecule has 0 fully saturated rings. The first-order chi connectivity index (χ1) is 28.7. The van der Waals surface area contributed by atoms with Crippen molar-refractivity contribution in [2.45, 2.75) is 0 Å². The summed E-state index contributed by atoms with van der Waals surface area (Å²) < 4.78 is 11.4. The number of furan rings is 2. The van der Waals surface area contributed by atoms with Gasteiger partial charge >= 0.3 is 44.8 Å². The molecule has 0 saturated heterocycles. The van der Waals surface area contributed by atoms with Gasteiger partial charge in [0, 0.05) is 21.5 Å². The van der Waals surface area contributed by atoms with Crippen LogP contribution in [0.15, 0.2) is 215 Å².